The van der Waals surface area contributed by atoms with Gasteiger partial charge in [-0.25, -0.2) is 0 Å². The predicted octanol–water partition coefficient (Wildman–Crippen LogP) is 2.53. The summed E-state index contributed by atoms with van der Waals surface area (Å²) in [7, 11) is 0. The summed E-state index contributed by atoms with van der Waals surface area (Å²) in [6.45, 7) is 7.00. The number of likely N-dealkylation sites (tertiary alicyclic amines) is 1. The van der Waals surface area contributed by atoms with Gasteiger partial charge in [-0.2, -0.15) is 0 Å². The molecular weight excluding hydrogens is 324 g/mol. The second-order valence-electron chi connectivity index (χ2n) is 7.10. The maximum absolute atomic E-state index is 12.4. The number of hydrogen-bond acceptors (Lipinski definition) is 5. The highest BCUT2D eigenvalue weighted by Crippen LogP contribution is 2.34. The Morgan fingerprint density at radius 2 is 2.08 bits per heavy atom. The summed E-state index contributed by atoms with van der Waals surface area (Å²) in [5.41, 5.74) is 6.14. The fourth-order valence-electron chi connectivity index (χ4n) is 3.11. The molecule has 2 heterocycles. The van der Waals surface area contributed by atoms with E-state index in [0.717, 1.165) is 41.7 Å². The number of carbonyl (C=O) groups is 1. The molecule has 0 spiro atoms. The molecule has 1 aromatic rings. The third-order valence-electron chi connectivity index (χ3n) is 4.76. The molecule has 0 bridgehead atoms. The Labute approximate surface area is 147 Å². The normalized spacial score (nSPS) is 22.3. The molecule has 24 heavy (non-hydrogen) atoms. The minimum atomic E-state index is -0.00309. The SMILES string of the molecule is CC1(C)CN(C(=O)CCSc2ccc3c(c2)OCCO3)CCC1N. The van der Waals surface area contributed by atoms with Crippen molar-refractivity contribution in [2.24, 2.45) is 11.1 Å². The fourth-order valence-corrected chi connectivity index (χ4v) is 3.98. The van der Waals surface area contributed by atoms with E-state index in [9.17, 15) is 4.79 Å². The van der Waals surface area contributed by atoms with Crippen molar-refractivity contribution in [1.82, 2.24) is 4.90 Å². The van der Waals surface area contributed by atoms with Crippen LogP contribution in [-0.2, 0) is 4.79 Å². The first kappa shape index (κ1) is 17.4. The van der Waals surface area contributed by atoms with Gasteiger partial charge in [0, 0.05) is 36.2 Å². The van der Waals surface area contributed by atoms with Crippen LogP contribution < -0.4 is 15.2 Å². The molecule has 1 atom stereocenters. The second kappa shape index (κ2) is 7.23. The quantitative estimate of drug-likeness (QED) is 0.846. The number of rotatable bonds is 4. The first-order chi connectivity index (χ1) is 11.5. The number of amides is 1. The van der Waals surface area contributed by atoms with Crippen LogP contribution in [0.25, 0.3) is 0 Å². The van der Waals surface area contributed by atoms with Crippen LogP contribution in [0.3, 0.4) is 0 Å². The van der Waals surface area contributed by atoms with Crippen molar-refractivity contribution in [2.45, 2.75) is 37.6 Å². The Bertz CT molecular complexity index is 606. The Morgan fingerprint density at radius 3 is 2.83 bits per heavy atom. The number of ether oxygens (including phenoxy) is 2. The standard InChI is InChI=1S/C18H26N2O3S/c1-18(2)12-20(7-5-16(18)19)17(21)6-10-24-13-3-4-14-15(11-13)23-9-8-22-14/h3-4,11,16H,5-10,12,19H2,1-2H3. The molecule has 0 aromatic heterocycles. The maximum atomic E-state index is 12.4. The summed E-state index contributed by atoms with van der Waals surface area (Å²) < 4.78 is 11.1. The third kappa shape index (κ3) is 3.98. The van der Waals surface area contributed by atoms with Crippen molar-refractivity contribution in [1.29, 1.82) is 0 Å². The molecular formula is C18H26N2O3S. The van der Waals surface area contributed by atoms with Crippen molar-refractivity contribution in [3.8, 4) is 11.5 Å². The van der Waals surface area contributed by atoms with Crippen LogP contribution in [0, 0.1) is 5.41 Å². The summed E-state index contributed by atoms with van der Waals surface area (Å²) >= 11 is 1.68. The minimum absolute atomic E-state index is 0.00309. The molecule has 1 unspecified atom stereocenters. The second-order valence-corrected chi connectivity index (χ2v) is 8.27. The van der Waals surface area contributed by atoms with Crippen molar-refractivity contribution in [3.05, 3.63) is 18.2 Å². The zero-order valence-corrected chi connectivity index (χ0v) is 15.2. The van der Waals surface area contributed by atoms with E-state index in [1.165, 1.54) is 0 Å². The van der Waals surface area contributed by atoms with E-state index in [1.54, 1.807) is 11.8 Å². The molecule has 0 saturated carbocycles. The lowest BCUT2D eigenvalue weighted by molar-refractivity contribution is -0.134. The molecule has 2 aliphatic heterocycles. The minimum Gasteiger partial charge on any atom is -0.486 e. The van der Waals surface area contributed by atoms with Gasteiger partial charge in [0.1, 0.15) is 13.2 Å². The molecule has 1 aromatic carbocycles. The van der Waals surface area contributed by atoms with Gasteiger partial charge < -0.3 is 20.1 Å². The Hall–Kier alpha value is -1.40. The van der Waals surface area contributed by atoms with Gasteiger partial charge in [0.2, 0.25) is 5.91 Å². The summed E-state index contributed by atoms with van der Waals surface area (Å²) in [5.74, 6) is 2.58. The maximum Gasteiger partial charge on any atom is 0.223 e. The largest absolute Gasteiger partial charge is 0.486 e. The van der Waals surface area contributed by atoms with Gasteiger partial charge in [0.25, 0.3) is 0 Å². The smallest absolute Gasteiger partial charge is 0.223 e. The Kier molecular flexibility index (Phi) is 5.25. The van der Waals surface area contributed by atoms with Gasteiger partial charge in [-0.3, -0.25) is 4.79 Å². The zero-order chi connectivity index (χ0) is 17.2. The lowest BCUT2D eigenvalue weighted by Crippen LogP contribution is -2.54. The predicted molar refractivity (Wildman–Crippen MR) is 95.7 cm³/mol. The molecule has 1 saturated heterocycles. The Balaban J connectivity index is 1.49. The van der Waals surface area contributed by atoms with Crippen LogP contribution in [0.5, 0.6) is 11.5 Å². The van der Waals surface area contributed by atoms with Crippen LogP contribution in [-0.4, -0.2) is 48.9 Å². The summed E-state index contributed by atoms with van der Waals surface area (Å²) in [5, 5.41) is 0. The molecule has 132 valence electrons. The summed E-state index contributed by atoms with van der Waals surface area (Å²) in [6.07, 6.45) is 1.43. The number of piperidine rings is 1. The third-order valence-corrected chi connectivity index (χ3v) is 5.76. The number of carbonyl (C=O) groups excluding carboxylic acids is 1. The van der Waals surface area contributed by atoms with Crippen LogP contribution in [0.2, 0.25) is 0 Å². The van der Waals surface area contributed by atoms with Gasteiger partial charge >= 0.3 is 0 Å². The van der Waals surface area contributed by atoms with Crippen molar-refractivity contribution >= 4 is 17.7 Å². The van der Waals surface area contributed by atoms with Crippen molar-refractivity contribution < 1.29 is 14.3 Å². The van der Waals surface area contributed by atoms with Crippen molar-refractivity contribution in [2.75, 3.05) is 32.1 Å². The molecule has 6 heteroatoms. The number of fused-ring (bicyclic) bond motifs is 1. The molecule has 3 rings (SSSR count). The van der Waals surface area contributed by atoms with Crippen LogP contribution >= 0.6 is 11.8 Å². The van der Waals surface area contributed by atoms with Gasteiger partial charge in [-0.1, -0.05) is 13.8 Å². The highest BCUT2D eigenvalue weighted by molar-refractivity contribution is 7.99. The monoisotopic (exact) mass is 350 g/mol. The van der Waals surface area contributed by atoms with E-state index in [0.29, 0.717) is 19.6 Å². The van der Waals surface area contributed by atoms with E-state index < -0.39 is 0 Å². The van der Waals surface area contributed by atoms with E-state index in [-0.39, 0.29) is 17.4 Å². The number of thioether (sulfide) groups is 1. The van der Waals surface area contributed by atoms with E-state index in [2.05, 4.69) is 13.8 Å². The molecule has 0 radical (unpaired) electrons. The molecule has 0 aliphatic carbocycles. The summed E-state index contributed by atoms with van der Waals surface area (Å²) in [6, 6.07) is 6.12. The van der Waals surface area contributed by atoms with Crippen molar-refractivity contribution in [3.63, 3.8) is 0 Å². The lowest BCUT2D eigenvalue weighted by atomic mass is 9.79. The van der Waals surface area contributed by atoms with E-state index >= 15 is 0 Å². The van der Waals surface area contributed by atoms with Crippen LogP contribution in [0.15, 0.2) is 23.1 Å². The average molecular weight is 350 g/mol. The topological polar surface area (TPSA) is 64.8 Å². The zero-order valence-electron chi connectivity index (χ0n) is 14.4. The molecule has 1 fully saturated rings. The number of benzene rings is 1. The summed E-state index contributed by atoms with van der Waals surface area (Å²) in [4.78, 5) is 15.5. The van der Waals surface area contributed by atoms with E-state index in [1.807, 2.05) is 23.1 Å². The molecule has 1 amide bonds. The van der Waals surface area contributed by atoms with Gasteiger partial charge in [0.05, 0.1) is 0 Å². The van der Waals surface area contributed by atoms with Gasteiger partial charge in [-0.05, 0) is 30.0 Å². The molecule has 5 nitrogen and oxygen atoms in total. The first-order valence-electron chi connectivity index (χ1n) is 8.51. The average Bonchev–Trinajstić information content (AvgIpc) is 2.57. The first-order valence-corrected chi connectivity index (χ1v) is 9.50. The van der Waals surface area contributed by atoms with Crippen LogP contribution in [0.1, 0.15) is 26.7 Å². The highest BCUT2D eigenvalue weighted by Gasteiger charge is 2.35. The number of hydrogen-bond donors (Lipinski definition) is 1. The number of nitrogens with zero attached hydrogens (tertiary/aromatic N) is 1. The molecule has 2 N–H and O–H groups in total. The van der Waals surface area contributed by atoms with E-state index in [4.69, 9.17) is 15.2 Å². The van der Waals surface area contributed by atoms with Crippen LogP contribution in [0.4, 0.5) is 0 Å². The lowest BCUT2D eigenvalue weighted by Gasteiger charge is -2.42. The van der Waals surface area contributed by atoms with Gasteiger partial charge in [-0.15, -0.1) is 11.8 Å². The highest BCUT2D eigenvalue weighted by atomic mass is 32.2. The molecule has 2 aliphatic rings. The van der Waals surface area contributed by atoms with Gasteiger partial charge in [0.15, 0.2) is 11.5 Å². The number of nitrogens with two attached hydrogens (primary N) is 1. The fraction of sp³-hybridized carbons (Fsp3) is 0.611. The Morgan fingerprint density at radius 1 is 1.33 bits per heavy atom.